The van der Waals surface area contributed by atoms with E-state index in [1.165, 1.54) is 11.3 Å². The van der Waals surface area contributed by atoms with Crippen LogP contribution < -0.4 is 10.6 Å². The summed E-state index contributed by atoms with van der Waals surface area (Å²) in [5.74, 6) is -0.498. The Hall–Kier alpha value is -2.38. The molecular formula is C19H19ClN4O2S. The smallest absolute Gasteiger partial charge is 0.261 e. The number of rotatable bonds is 4. The molecule has 27 heavy (non-hydrogen) atoms. The van der Waals surface area contributed by atoms with Crippen molar-refractivity contribution in [1.82, 2.24) is 20.4 Å². The van der Waals surface area contributed by atoms with Crippen molar-refractivity contribution >= 4 is 45.0 Å². The Morgan fingerprint density at radius 3 is 2.85 bits per heavy atom. The van der Waals surface area contributed by atoms with Gasteiger partial charge in [0.1, 0.15) is 10.7 Å². The molecule has 2 N–H and O–H groups in total. The van der Waals surface area contributed by atoms with Crippen LogP contribution in [0.4, 0.5) is 0 Å². The fourth-order valence-corrected chi connectivity index (χ4v) is 4.78. The first kappa shape index (κ1) is 18.0. The van der Waals surface area contributed by atoms with Crippen LogP contribution in [0.15, 0.2) is 30.3 Å². The van der Waals surface area contributed by atoms with Gasteiger partial charge < -0.3 is 10.6 Å². The summed E-state index contributed by atoms with van der Waals surface area (Å²) in [7, 11) is 1.87. The fraction of sp³-hybridized carbons (Fsp3) is 0.316. The van der Waals surface area contributed by atoms with Crippen LogP contribution in [0.2, 0.25) is 0 Å². The summed E-state index contributed by atoms with van der Waals surface area (Å²) >= 11 is 7.08. The summed E-state index contributed by atoms with van der Waals surface area (Å²) < 4.78 is 1.79. The third-order valence-electron chi connectivity index (χ3n) is 4.91. The Labute approximate surface area is 165 Å². The number of carbonyl (C=O) groups excluding carboxylic acids is 2. The Kier molecular flexibility index (Phi) is 4.65. The van der Waals surface area contributed by atoms with Gasteiger partial charge in [0.25, 0.3) is 5.91 Å². The number of amides is 2. The van der Waals surface area contributed by atoms with E-state index in [0.717, 1.165) is 27.0 Å². The first-order chi connectivity index (χ1) is 13.0. The maximum absolute atomic E-state index is 12.9. The van der Waals surface area contributed by atoms with Gasteiger partial charge in [-0.05, 0) is 30.5 Å². The molecule has 0 aliphatic heterocycles. The van der Waals surface area contributed by atoms with E-state index in [2.05, 4.69) is 15.7 Å². The van der Waals surface area contributed by atoms with Gasteiger partial charge in [0, 0.05) is 12.4 Å². The van der Waals surface area contributed by atoms with Crippen LogP contribution in [0.3, 0.4) is 0 Å². The minimum absolute atomic E-state index is 0.109. The van der Waals surface area contributed by atoms with Gasteiger partial charge in [0.15, 0.2) is 0 Å². The van der Waals surface area contributed by atoms with Gasteiger partial charge in [-0.1, -0.05) is 24.3 Å². The van der Waals surface area contributed by atoms with E-state index in [9.17, 15) is 9.59 Å². The van der Waals surface area contributed by atoms with Gasteiger partial charge in [0.2, 0.25) is 5.91 Å². The summed E-state index contributed by atoms with van der Waals surface area (Å²) in [6, 6.07) is 9.29. The lowest BCUT2D eigenvalue weighted by atomic mass is 10.1. The second-order valence-corrected chi connectivity index (χ2v) is 8.00. The molecule has 0 radical (unpaired) electrons. The Morgan fingerprint density at radius 1 is 1.33 bits per heavy atom. The number of hydrogen-bond donors (Lipinski definition) is 2. The lowest BCUT2D eigenvalue weighted by molar-refractivity contribution is -0.119. The maximum atomic E-state index is 12.9. The normalized spacial score (nSPS) is 18.5. The number of fused-ring (bicyclic) bond motifs is 2. The Balaban J connectivity index is 1.59. The topological polar surface area (TPSA) is 76.0 Å². The molecule has 2 aromatic heterocycles. The minimum atomic E-state index is -0.283. The highest BCUT2D eigenvalue weighted by Gasteiger charge is 2.34. The average Bonchev–Trinajstić information content (AvgIpc) is 3.31. The van der Waals surface area contributed by atoms with Crippen LogP contribution in [-0.2, 0) is 18.3 Å². The average molecular weight is 403 g/mol. The predicted molar refractivity (Wildman–Crippen MR) is 106 cm³/mol. The summed E-state index contributed by atoms with van der Waals surface area (Å²) in [5, 5.41) is 11.4. The molecule has 1 aliphatic rings. The third kappa shape index (κ3) is 3.21. The predicted octanol–water partition coefficient (Wildman–Crippen LogP) is 2.69. The van der Waals surface area contributed by atoms with E-state index < -0.39 is 0 Å². The first-order valence-electron chi connectivity index (χ1n) is 8.65. The van der Waals surface area contributed by atoms with E-state index in [-0.39, 0.29) is 29.8 Å². The van der Waals surface area contributed by atoms with Crippen LogP contribution >= 0.6 is 22.9 Å². The molecule has 140 valence electrons. The number of aryl methyl sites for hydroxylation is 2. The second-order valence-electron chi connectivity index (χ2n) is 6.70. The quantitative estimate of drug-likeness (QED) is 0.659. The van der Waals surface area contributed by atoms with E-state index in [1.807, 2.05) is 44.3 Å². The summed E-state index contributed by atoms with van der Waals surface area (Å²) in [6.45, 7) is 1.93. The molecule has 0 saturated heterocycles. The summed E-state index contributed by atoms with van der Waals surface area (Å²) in [4.78, 5) is 26.4. The van der Waals surface area contributed by atoms with Crippen molar-refractivity contribution in [3.05, 3.63) is 52.0 Å². The van der Waals surface area contributed by atoms with Crippen molar-refractivity contribution in [1.29, 1.82) is 0 Å². The highest BCUT2D eigenvalue weighted by atomic mass is 35.5. The van der Waals surface area contributed by atoms with Gasteiger partial charge in [-0.3, -0.25) is 14.3 Å². The molecule has 0 unspecified atom stereocenters. The number of aromatic nitrogens is 2. The third-order valence-corrected chi connectivity index (χ3v) is 6.35. The van der Waals surface area contributed by atoms with Crippen molar-refractivity contribution in [3.63, 3.8) is 0 Å². The van der Waals surface area contributed by atoms with E-state index in [4.69, 9.17) is 11.6 Å². The van der Waals surface area contributed by atoms with Crippen molar-refractivity contribution in [2.45, 2.75) is 25.4 Å². The van der Waals surface area contributed by atoms with Gasteiger partial charge in [-0.15, -0.1) is 22.9 Å². The van der Waals surface area contributed by atoms with Crippen LogP contribution in [0.5, 0.6) is 0 Å². The molecule has 2 heterocycles. The van der Waals surface area contributed by atoms with E-state index in [1.54, 1.807) is 4.68 Å². The van der Waals surface area contributed by atoms with Crippen molar-refractivity contribution in [3.8, 4) is 0 Å². The highest BCUT2D eigenvalue weighted by molar-refractivity contribution is 7.20. The number of nitrogens with one attached hydrogen (secondary N) is 2. The number of carbonyl (C=O) groups is 2. The summed E-state index contributed by atoms with van der Waals surface area (Å²) in [5.41, 5.74) is 3.06. The number of nitrogens with zero attached hydrogens (tertiary/aromatic N) is 2. The molecule has 8 heteroatoms. The van der Waals surface area contributed by atoms with Crippen molar-refractivity contribution in [2.75, 3.05) is 5.88 Å². The van der Waals surface area contributed by atoms with Crippen LogP contribution in [0.25, 0.3) is 10.2 Å². The van der Waals surface area contributed by atoms with Gasteiger partial charge in [0.05, 0.1) is 22.7 Å². The Bertz CT molecular complexity index is 1010. The molecule has 0 spiro atoms. The molecule has 6 nitrogen and oxygen atoms in total. The van der Waals surface area contributed by atoms with Crippen LogP contribution in [-0.4, -0.2) is 33.5 Å². The zero-order valence-corrected chi connectivity index (χ0v) is 16.5. The molecule has 1 aromatic carbocycles. The Morgan fingerprint density at radius 2 is 2.11 bits per heavy atom. The molecule has 0 bridgehead atoms. The number of thiophene rings is 1. The van der Waals surface area contributed by atoms with Crippen LogP contribution in [0, 0.1) is 6.92 Å². The van der Waals surface area contributed by atoms with Gasteiger partial charge in [-0.25, -0.2) is 0 Å². The molecule has 4 rings (SSSR count). The van der Waals surface area contributed by atoms with Crippen molar-refractivity contribution in [2.24, 2.45) is 7.05 Å². The van der Waals surface area contributed by atoms with E-state index in [0.29, 0.717) is 11.3 Å². The van der Waals surface area contributed by atoms with Gasteiger partial charge in [-0.2, -0.15) is 5.10 Å². The number of alkyl halides is 1. The minimum Gasteiger partial charge on any atom is -0.346 e. The second kappa shape index (κ2) is 6.98. The molecule has 0 saturated carbocycles. The lowest BCUT2D eigenvalue weighted by Gasteiger charge is -2.22. The molecule has 2 atom stereocenters. The van der Waals surface area contributed by atoms with Crippen molar-refractivity contribution < 1.29 is 9.59 Å². The number of hydrogen-bond acceptors (Lipinski definition) is 4. The van der Waals surface area contributed by atoms with Crippen LogP contribution in [0.1, 0.15) is 32.5 Å². The monoisotopic (exact) mass is 402 g/mol. The molecule has 0 fully saturated rings. The zero-order chi connectivity index (χ0) is 19.1. The standard InChI is InChI=1S/C19H19ClN4O2S/c1-10-13-8-15(27-19(13)24(2)23-10)18(26)21-14-7-11-5-3-4-6-12(11)17(14)22-16(25)9-20/h3-6,8,14,17H,7,9H2,1-2H3,(H,21,26)(H,22,25)/t14-,17-/m1/s1. The SMILES string of the molecule is Cc1nn(C)c2sc(C(=O)N[C@@H]3Cc4ccccc4[C@H]3NC(=O)CCl)cc12. The summed E-state index contributed by atoms with van der Waals surface area (Å²) in [6.07, 6.45) is 0.667. The fourth-order valence-electron chi connectivity index (χ4n) is 3.68. The molecule has 2 amide bonds. The number of benzene rings is 1. The molecule has 1 aliphatic carbocycles. The molecular weight excluding hydrogens is 384 g/mol. The highest BCUT2D eigenvalue weighted by Crippen LogP contribution is 2.32. The zero-order valence-electron chi connectivity index (χ0n) is 15.0. The largest absolute Gasteiger partial charge is 0.346 e. The maximum Gasteiger partial charge on any atom is 0.261 e. The number of halogens is 1. The van der Waals surface area contributed by atoms with E-state index >= 15 is 0 Å². The van der Waals surface area contributed by atoms with Gasteiger partial charge >= 0.3 is 0 Å². The lowest BCUT2D eigenvalue weighted by Crippen LogP contribution is -2.44. The first-order valence-corrected chi connectivity index (χ1v) is 10.00. The molecule has 3 aromatic rings.